The number of amides is 1. The summed E-state index contributed by atoms with van der Waals surface area (Å²) in [5.74, 6) is -0.220. The largest absolute Gasteiger partial charge is 0.479 e. The summed E-state index contributed by atoms with van der Waals surface area (Å²) in [7, 11) is 0. The van der Waals surface area contributed by atoms with E-state index in [2.05, 4.69) is 5.32 Å². The maximum absolute atomic E-state index is 12.3. The van der Waals surface area contributed by atoms with E-state index < -0.39 is 12.1 Å². The number of hydrogen-bond acceptors (Lipinski definition) is 4. The standard InChI is InChI=1S/C19H20ClNO4/c1-4-24-19(23)13(3)25-16-10-5-12(2)17(11-16)21-18(22)14-6-8-15(20)9-7-14/h5-11,13H,4H2,1-3H3,(H,21,22)/t13-/m0/s1. The molecule has 132 valence electrons. The Labute approximate surface area is 151 Å². The Morgan fingerprint density at radius 3 is 2.48 bits per heavy atom. The van der Waals surface area contributed by atoms with Crippen LogP contribution < -0.4 is 10.1 Å². The Balaban J connectivity index is 2.11. The quantitative estimate of drug-likeness (QED) is 0.782. The van der Waals surface area contributed by atoms with Gasteiger partial charge in [0.2, 0.25) is 0 Å². The van der Waals surface area contributed by atoms with Gasteiger partial charge < -0.3 is 14.8 Å². The van der Waals surface area contributed by atoms with Gasteiger partial charge in [-0.25, -0.2) is 4.79 Å². The number of carbonyl (C=O) groups excluding carboxylic acids is 2. The molecule has 5 nitrogen and oxygen atoms in total. The highest BCUT2D eigenvalue weighted by Gasteiger charge is 2.16. The molecule has 1 amide bonds. The number of halogens is 1. The molecule has 0 spiro atoms. The molecule has 2 aromatic rings. The monoisotopic (exact) mass is 361 g/mol. The molecular formula is C19H20ClNO4. The van der Waals surface area contributed by atoms with Gasteiger partial charge in [0, 0.05) is 22.3 Å². The summed E-state index contributed by atoms with van der Waals surface area (Å²) in [5, 5.41) is 3.40. The molecule has 1 N–H and O–H groups in total. The van der Waals surface area contributed by atoms with Crippen molar-refractivity contribution in [1.29, 1.82) is 0 Å². The lowest BCUT2D eigenvalue weighted by atomic mass is 10.1. The van der Waals surface area contributed by atoms with Crippen LogP contribution in [-0.4, -0.2) is 24.6 Å². The van der Waals surface area contributed by atoms with Gasteiger partial charge in [-0.2, -0.15) is 0 Å². The van der Waals surface area contributed by atoms with Crippen LogP contribution in [0.3, 0.4) is 0 Å². The highest BCUT2D eigenvalue weighted by Crippen LogP contribution is 2.24. The zero-order valence-corrected chi connectivity index (χ0v) is 15.1. The van der Waals surface area contributed by atoms with E-state index in [1.54, 1.807) is 50.2 Å². The molecule has 0 aliphatic heterocycles. The number of nitrogens with one attached hydrogen (secondary N) is 1. The zero-order valence-electron chi connectivity index (χ0n) is 14.3. The summed E-state index contributed by atoms with van der Waals surface area (Å²) in [6.45, 7) is 5.52. The fourth-order valence-corrected chi connectivity index (χ4v) is 2.24. The van der Waals surface area contributed by atoms with Gasteiger partial charge in [0.25, 0.3) is 5.91 Å². The normalized spacial score (nSPS) is 11.5. The molecule has 0 saturated carbocycles. The Bertz CT molecular complexity index is 759. The molecule has 0 aliphatic carbocycles. The first-order valence-electron chi connectivity index (χ1n) is 7.91. The van der Waals surface area contributed by atoms with Gasteiger partial charge in [-0.1, -0.05) is 17.7 Å². The van der Waals surface area contributed by atoms with Crippen molar-refractivity contribution in [3.63, 3.8) is 0 Å². The topological polar surface area (TPSA) is 64.6 Å². The van der Waals surface area contributed by atoms with E-state index in [0.29, 0.717) is 28.6 Å². The van der Waals surface area contributed by atoms with Crippen LogP contribution in [0.15, 0.2) is 42.5 Å². The molecule has 0 aliphatic rings. The smallest absolute Gasteiger partial charge is 0.347 e. The fraction of sp³-hybridized carbons (Fsp3) is 0.263. The van der Waals surface area contributed by atoms with Crippen LogP contribution >= 0.6 is 11.6 Å². The lowest BCUT2D eigenvalue weighted by Crippen LogP contribution is -2.26. The van der Waals surface area contributed by atoms with Crippen molar-refractivity contribution in [1.82, 2.24) is 0 Å². The lowest BCUT2D eigenvalue weighted by molar-refractivity contribution is -0.150. The van der Waals surface area contributed by atoms with Crippen molar-refractivity contribution in [3.8, 4) is 5.75 Å². The summed E-state index contributed by atoms with van der Waals surface area (Å²) in [6.07, 6.45) is -0.734. The molecular weight excluding hydrogens is 342 g/mol. The number of ether oxygens (including phenoxy) is 2. The first kappa shape index (κ1) is 18.8. The Hall–Kier alpha value is -2.53. The number of esters is 1. The Morgan fingerprint density at radius 1 is 1.16 bits per heavy atom. The van der Waals surface area contributed by atoms with Gasteiger partial charge in [0.05, 0.1) is 6.61 Å². The average molecular weight is 362 g/mol. The maximum Gasteiger partial charge on any atom is 0.347 e. The predicted octanol–water partition coefficient (Wildman–Crippen LogP) is 4.23. The average Bonchev–Trinajstić information content (AvgIpc) is 2.58. The van der Waals surface area contributed by atoms with E-state index >= 15 is 0 Å². The molecule has 2 rings (SSSR count). The van der Waals surface area contributed by atoms with E-state index in [9.17, 15) is 9.59 Å². The van der Waals surface area contributed by atoms with Crippen LogP contribution in [0, 0.1) is 6.92 Å². The van der Waals surface area contributed by atoms with Crippen LogP contribution in [-0.2, 0) is 9.53 Å². The molecule has 1 atom stereocenters. The summed E-state index contributed by atoms with van der Waals surface area (Å²) in [6, 6.07) is 11.8. The molecule has 2 aromatic carbocycles. The molecule has 0 unspecified atom stereocenters. The van der Waals surface area contributed by atoms with Gasteiger partial charge in [0.1, 0.15) is 5.75 Å². The Morgan fingerprint density at radius 2 is 1.84 bits per heavy atom. The summed E-state index contributed by atoms with van der Waals surface area (Å²) >= 11 is 5.83. The predicted molar refractivity (Wildman–Crippen MR) is 97.3 cm³/mol. The lowest BCUT2D eigenvalue weighted by Gasteiger charge is -2.15. The number of aryl methyl sites for hydroxylation is 1. The highest BCUT2D eigenvalue weighted by atomic mass is 35.5. The molecule has 0 aromatic heterocycles. The van der Waals surface area contributed by atoms with E-state index in [1.165, 1.54) is 0 Å². The number of rotatable bonds is 6. The van der Waals surface area contributed by atoms with E-state index in [1.807, 2.05) is 13.0 Å². The molecule has 25 heavy (non-hydrogen) atoms. The number of benzene rings is 2. The van der Waals surface area contributed by atoms with Crippen LogP contribution in [0.2, 0.25) is 5.02 Å². The first-order valence-corrected chi connectivity index (χ1v) is 8.29. The third-order valence-electron chi connectivity index (χ3n) is 3.50. The number of hydrogen-bond donors (Lipinski definition) is 1. The minimum Gasteiger partial charge on any atom is -0.479 e. The molecule has 0 radical (unpaired) electrons. The van der Waals surface area contributed by atoms with Gasteiger partial charge in [-0.3, -0.25) is 4.79 Å². The molecule has 0 fully saturated rings. The summed E-state index contributed by atoms with van der Waals surface area (Å²) in [4.78, 5) is 24.0. The third kappa shape index (κ3) is 5.22. The van der Waals surface area contributed by atoms with Crippen molar-refractivity contribution >= 4 is 29.2 Å². The molecule has 0 heterocycles. The second kappa shape index (κ2) is 8.53. The third-order valence-corrected chi connectivity index (χ3v) is 3.75. The Kier molecular flexibility index (Phi) is 6.42. The maximum atomic E-state index is 12.3. The zero-order chi connectivity index (χ0) is 18.4. The minimum absolute atomic E-state index is 0.254. The van der Waals surface area contributed by atoms with Crippen LogP contribution in [0.1, 0.15) is 29.8 Å². The van der Waals surface area contributed by atoms with Crippen LogP contribution in [0.4, 0.5) is 5.69 Å². The van der Waals surface area contributed by atoms with Gasteiger partial charge in [-0.15, -0.1) is 0 Å². The van der Waals surface area contributed by atoms with Crippen molar-refractivity contribution in [2.24, 2.45) is 0 Å². The van der Waals surface area contributed by atoms with E-state index in [0.717, 1.165) is 5.56 Å². The second-order valence-electron chi connectivity index (χ2n) is 5.45. The first-order chi connectivity index (χ1) is 11.9. The number of anilines is 1. The second-order valence-corrected chi connectivity index (χ2v) is 5.89. The molecule has 0 bridgehead atoms. The van der Waals surface area contributed by atoms with Crippen LogP contribution in [0.5, 0.6) is 5.75 Å². The summed E-state index contributed by atoms with van der Waals surface area (Å²) in [5.41, 5.74) is 1.97. The van der Waals surface area contributed by atoms with Crippen molar-refractivity contribution < 1.29 is 19.1 Å². The van der Waals surface area contributed by atoms with Gasteiger partial charge in [0.15, 0.2) is 6.10 Å². The molecule has 6 heteroatoms. The fourth-order valence-electron chi connectivity index (χ4n) is 2.12. The number of carbonyl (C=O) groups is 2. The SMILES string of the molecule is CCOC(=O)[C@H](C)Oc1ccc(C)c(NC(=O)c2ccc(Cl)cc2)c1. The summed E-state index contributed by atoms with van der Waals surface area (Å²) < 4.78 is 10.5. The minimum atomic E-state index is -0.734. The van der Waals surface area contributed by atoms with Crippen molar-refractivity contribution in [2.45, 2.75) is 26.9 Å². The van der Waals surface area contributed by atoms with E-state index in [4.69, 9.17) is 21.1 Å². The van der Waals surface area contributed by atoms with Crippen molar-refractivity contribution in [3.05, 3.63) is 58.6 Å². The van der Waals surface area contributed by atoms with Crippen LogP contribution in [0.25, 0.3) is 0 Å². The highest BCUT2D eigenvalue weighted by molar-refractivity contribution is 6.30. The van der Waals surface area contributed by atoms with Gasteiger partial charge in [-0.05, 0) is 56.7 Å². The van der Waals surface area contributed by atoms with Gasteiger partial charge >= 0.3 is 5.97 Å². The van der Waals surface area contributed by atoms with Crippen molar-refractivity contribution in [2.75, 3.05) is 11.9 Å². The van der Waals surface area contributed by atoms with E-state index in [-0.39, 0.29) is 5.91 Å². The molecule has 0 saturated heterocycles.